The lowest BCUT2D eigenvalue weighted by atomic mass is 10.2. The third-order valence-electron chi connectivity index (χ3n) is 3.89. The Morgan fingerprint density at radius 1 is 1.04 bits per heavy atom. The molecule has 0 N–H and O–H groups in total. The van der Waals surface area contributed by atoms with Crippen LogP contribution in [0.5, 0.6) is 0 Å². The van der Waals surface area contributed by atoms with Crippen LogP contribution in [0.3, 0.4) is 0 Å². The molecule has 130 valence electrons. The maximum absolute atomic E-state index is 14.0. The molecule has 0 radical (unpaired) electrons. The van der Waals surface area contributed by atoms with Gasteiger partial charge < -0.3 is 8.98 Å². The van der Waals surface area contributed by atoms with Gasteiger partial charge in [0, 0.05) is 12.6 Å². The molecule has 0 atom stereocenters. The zero-order chi connectivity index (χ0) is 17.9. The first-order valence-electron chi connectivity index (χ1n) is 7.99. The Kier molecular flexibility index (Phi) is 4.53. The lowest BCUT2D eigenvalue weighted by Crippen LogP contribution is -1.96. The first-order valence-corrected chi connectivity index (χ1v) is 8.98. The lowest BCUT2D eigenvalue weighted by Gasteiger charge is -2.04. The number of halogens is 1. The van der Waals surface area contributed by atoms with Crippen molar-refractivity contribution in [1.82, 2.24) is 19.7 Å². The van der Waals surface area contributed by atoms with E-state index in [0.717, 1.165) is 11.3 Å². The van der Waals surface area contributed by atoms with E-state index in [2.05, 4.69) is 15.2 Å². The second-order valence-electron chi connectivity index (χ2n) is 5.62. The van der Waals surface area contributed by atoms with Crippen molar-refractivity contribution < 1.29 is 8.81 Å². The Labute approximate surface area is 153 Å². The molecule has 4 aromatic rings. The summed E-state index contributed by atoms with van der Waals surface area (Å²) in [4.78, 5) is 4.31. The summed E-state index contributed by atoms with van der Waals surface area (Å²) in [5.74, 6) is 2.01. The average molecular weight is 366 g/mol. The molecule has 0 aliphatic carbocycles. The highest BCUT2D eigenvalue weighted by Crippen LogP contribution is 2.27. The van der Waals surface area contributed by atoms with Gasteiger partial charge in [-0.25, -0.2) is 9.37 Å². The van der Waals surface area contributed by atoms with E-state index in [4.69, 9.17) is 4.42 Å². The van der Waals surface area contributed by atoms with Crippen LogP contribution in [0.1, 0.15) is 5.89 Å². The standard InChI is InChI=1S/C19H15FN4OS/c1-24-18(14-9-5-6-10-15(14)20)22-23-19(24)26-12-17-21-11-16(25-17)13-7-3-2-4-8-13/h2-11H,12H2,1H3. The number of nitrogens with zero attached hydrogens (tertiary/aromatic N) is 4. The molecule has 5 nitrogen and oxygen atoms in total. The fourth-order valence-electron chi connectivity index (χ4n) is 2.56. The smallest absolute Gasteiger partial charge is 0.205 e. The molecule has 7 heteroatoms. The predicted molar refractivity (Wildman–Crippen MR) is 97.9 cm³/mol. The van der Waals surface area contributed by atoms with Crippen molar-refractivity contribution in [2.24, 2.45) is 7.05 Å². The normalized spacial score (nSPS) is 11.0. The molecule has 0 saturated heterocycles. The fraction of sp³-hybridized carbons (Fsp3) is 0.105. The molecular formula is C19H15FN4OS. The molecule has 26 heavy (non-hydrogen) atoms. The molecule has 2 aromatic heterocycles. The van der Waals surface area contributed by atoms with E-state index in [0.29, 0.717) is 28.2 Å². The number of hydrogen-bond acceptors (Lipinski definition) is 5. The van der Waals surface area contributed by atoms with Crippen LogP contribution in [0.15, 0.2) is 70.4 Å². The summed E-state index contributed by atoms with van der Waals surface area (Å²) >= 11 is 1.44. The zero-order valence-corrected chi connectivity index (χ0v) is 14.8. The Balaban J connectivity index is 1.50. The van der Waals surface area contributed by atoms with E-state index < -0.39 is 0 Å². The van der Waals surface area contributed by atoms with Crippen molar-refractivity contribution in [2.75, 3.05) is 0 Å². The zero-order valence-electron chi connectivity index (χ0n) is 14.0. The quantitative estimate of drug-likeness (QED) is 0.484. The summed E-state index contributed by atoms with van der Waals surface area (Å²) in [5.41, 5.74) is 1.41. The van der Waals surface area contributed by atoms with E-state index in [1.165, 1.54) is 17.8 Å². The average Bonchev–Trinajstić information content (AvgIpc) is 3.28. The van der Waals surface area contributed by atoms with E-state index in [-0.39, 0.29) is 5.82 Å². The summed E-state index contributed by atoms with van der Waals surface area (Å²) in [5, 5.41) is 8.94. The van der Waals surface area contributed by atoms with Gasteiger partial charge in [0.1, 0.15) is 5.82 Å². The highest BCUT2D eigenvalue weighted by Gasteiger charge is 2.15. The summed E-state index contributed by atoms with van der Waals surface area (Å²) < 4.78 is 21.5. The highest BCUT2D eigenvalue weighted by molar-refractivity contribution is 7.98. The molecule has 0 aliphatic rings. The van der Waals surface area contributed by atoms with Gasteiger partial charge in [-0.05, 0) is 12.1 Å². The number of rotatable bonds is 5. The van der Waals surface area contributed by atoms with Gasteiger partial charge in [0.25, 0.3) is 0 Å². The largest absolute Gasteiger partial charge is 0.440 e. The second-order valence-corrected chi connectivity index (χ2v) is 6.56. The summed E-state index contributed by atoms with van der Waals surface area (Å²) in [6, 6.07) is 16.3. The molecule has 4 rings (SSSR count). The van der Waals surface area contributed by atoms with Crippen molar-refractivity contribution in [2.45, 2.75) is 10.9 Å². The molecule has 0 spiro atoms. The van der Waals surface area contributed by atoms with E-state index in [1.54, 1.807) is 29.0 Å². The van der Waals surface area contributed by atoms with Crippen molar-refractivity contribution in [3.63, 3.8) is 0 Å². The predicted octanol–water partition coefficient (Wildman–Crippen LogP) is 4.57. The van der Waals surface area contributed by atoms with Crippen molar-refractivity contribution in [3.8, 4) is 22.7 Å². The first-order chi connectivity index (χ1) is 12.7. The Morgan fingerprint density at radius 3 is 2.62 bits per heavy atom. The number of benzene rings is 2. The number of aromatic nitrogens is 4. The van der Waals surface area contributed by atoms with Crippen LogP contribution in [-0.4, -0.2) is 19.7 Å². The number of thioether (sulfide) groups is 1. The second kappa shape index (κ2) is 7.13. The minimum atomic E-state index is -0.320. The molecule has 0 fully saturated rings. The Hall–Kier alpha value is -2.93. The topological polar surface area (TPSA) is 56.7 Å². The lowest BCUT2D eigenvalue weighted by molar-refractivity contribution is 0.529. The molecule has 0 saturated carbocycles. The monoisotopic (exact) mass is 366 g/mol. The maximum Gasteiger partial charge on any atom is 0.205 e. The minimum Gasteiger partial charge on any atom is -0.440 e. The van der Waals surface area contributed by atoms with Crippen LogP contribution in [-0.2, 0) is 12.8 Å². The third kappa shape index (κ3) is 3.25. The van der Waals surface area contributed by atoms with Gasteiger partial charge >= 0.3 is 0 Å². The Bertz CT molecular complexity index is 1030. The molecule has 0 amide bonds. The van der Waals surface area contributed by atoms with E-state index in [1.807, 2.05) is 37.4 Å². The van der Waals surface area contributed by atoms with Crippen molar-refractivity contribution in [1.29, 1.82) is 0 Å². The molecule has 0 aliphatic heterocycles. The van der Waals surface area contributed by atoms with Gasteiger partial charge in [-0.1, -0.05) is 54.2 Å². The molecule has 2 heterocycles. The van der Waals surface area contributed by atoms with Crippen LogP contribution < -0.4 is 0 Å². The SMILES string of the molecule is Cn1c(SCc2ncc(-c3ccccc3)o2)nnc1-c1ccccc1F. The summed E-state index contributed by atoms with van der Waals surface area (Å²) in [6.07, 6.45) is 1.71. The fourth-order valence-corrected chi connectivity index (χ4v) is 3.32. The number of oxazole rings is 1. The van der Waals surface area contributed by atoms with Crippen molar-refractivity contribution in [3.05, 3.63) is 72.5 Å². The van der Waals surface area contributed by atoms with Crippen LogP contribution in [0.2, 0.25) is 0 Å². The molecule has 2 aromatic carbocycles. The van der Waals surface area contributed by atoms with Gasteiger partial charge in [-0.3, -0.25) is 0 Å². The highest BCUT2D eigenvalue weighted by atomic mass is 32.2. The van der Waals surface area contributed by atoms with Crippen LogP contribution >= 0.6 is 11.8 Å². The minimum absolute atomic E-state index is 0.320. The summed E-state index contributed by atoms with van der Waals surface area (Å²) in [7, 11) is 1.81. The van der Waals surface area contributed by atoms with Gasteiger partial charge in [0.15, 0.2) is 16.7 Å². The third-order valence-corrected chi connectivity index (χ3v) is 4.89. The van der Waals surface area contributed by atoms with Crippen LogP contribution in [0, 0.1) is 5.82 Å². The van der Waals surface area contributed by atoms with Gasteiger partial charge in [0.2, 0.25) is 5.89 Å². The summed E-state index contributed by atoms with van der Waals surface area (Å²) in [6.45, 7) is 0. The number of hydrogen-bond donors (Lipinski definition) is 0. The van der Waals surface area contributed by atoms with Crippen molar-refractivity contribution >= 4 is 11.8 Å². The van der Waals surface area contributed by atoms with Crippen LogP contribution in [0.4, 0.5) is 4.39 Å². The maximum atomic E-state index is 14.0. The Morgan fingerprint density at radius 2 is 1.81 bits per heavy atom. The molecule has 0 unspecified atom stereocenters. The van der Waals surface area contributed by atoms with Gasteiger partial charge in [-0.15, -0.1) is 10.2 Å². The molecule has 0 bridgehead atoms. The van der Waals surface area contributed by atoms with Gasteiger partial charge in [0.05, 0.1) is 17.5 Å². The first kappa shape index (κ1) is 16.5. The van der Waals surface area contributed by atoms with E-state index >= 15 is 0 Å². The molecular weight excluding hydrogens is 351 g/mol. The van der Waals surface area contributed by atoms with Crippen LogP contribution in [0.25, 0.3) is 22.7 Å². The van der Waals surface area contributed by atoms with E-state index in [9.17, 15) is 4.39 Å². The van der Waals surface area contributed by atoms with Gasteiger partial charge in [-0.2, -0.15) is 0 Å².